The smallest absolute Gasteiger partial charge is 0.330 e. The number of hydrogen-bond acceptors (Lipinski definition) is 5. The highest BCUT2D eigenvalue weighted by Crippen LogP contribution is 2.20. The van der Waals surface area contributed by atoms with Gasteiger partial charge < -0.3 is 16.0 Å². The van der Waals surface area contributed by atoms with Crippen molar-refractivity contribution in [2.45, 2.75) is 39.8 Å². The molecule has 0 unspecified atom stereocenters. The van der Waals surface area contributed by atoms with Crippen LogP contribution in [0.4, 0.5) is 17.2 Å². The van der Waals surface area contributed by atoms with Crippen LogP contribution in [0.25, 0.3) is 0 Å². The highest BCUT2D eigenvalue weighted by Gasteiger charge is 2.18. The van der Waals surface area contributed by atoms with Crippen LogP contribution in [0.1, 0.15) is 42.6 Å². The summed E-state index contributed by atoms with van der Waals surface area (Å²) in [6.45, 7) is 5.33. The Bertz CT molecular complexity index is 1170. The largest absolute Gasteiger partial charge is 0.383 e. The van der Waals surface area contributed by atoms with Crippen molar-refractivity contribution in [3.63, 3.8) is 0 Å². The number of nitrogen functional groups attached to an aromatic ring is 1. The normalized spacial score (nSPS) is 10.7. The van der Waals surface area contributed by atoms with Gasteiger partial charge in [0.1, 0.15) is 11.5 Å². The molecular weight excluding hydrogens is 406 g/mol. The van der Waals surface area contributed by atoms with E-state index in [0.29, 0.717) is 25.2 Å². The average molecular weight is 436 g/mol. The first-order chi connectivity index (χ1) is 15.4. The molecule has 0 saturated carbocycles. The number of aromatic amines is 1. The van der Waals surface area contributed by atoms with Crippen LogP contribution in [0.3, 0.4) is 0 Å². The molecule has 1 amide bonds. The molecule has 32 heavy (non-hydrogen) atoms. The Morgan fingerprint density at radius 2 is 1.75 bits per heavy atom. The molecule has 0 aliphatic carbocycles. The number of nitrogens with zero attached hydrogens (tertiary/aromatic N) is 2. The van der Waals surface area contributed by atoms with Crippen molar-refractivity contribution in [3.8, 4) is 0 Å². The van der Waals surface area contributed by atoms with Crippen LogP contribution in [-0.2, 0) is 13.1 Å². The number of para-hydroxylation sites is 1. The van der Waals surface area contributed by atoms with E-state index in [1.54, 1.807) is 12.1 Å². The minimum absolute atomic E-state index is 0.174. The lowest BCUT2D eigenvalue weighted by atomic mass is 10.1. The number of rotatable bonds is 9. The molecule has 1 aromatic heterocycles. The fourth-order valence-electron chi connectivity index (χ4n) is 3.48. The monoisotopic (exact) mass is 435 g/mol. The number of nitrogens with one attached hydrogen (secondary N) is 2. The second-order valence-corrected chi connectivity index (χ2v) is 7.53. The summed E-state index contributed by atoms with van der Waals surface area (Å²) in [5.41, 5.74) is 7.71. The number of hydrogen-bond donors (Lipinski definition) is 3. The van der Waals surface area contributed by atoms with Crippen molar-refractivity contribution >= 4 is 23.1 Å². The molecule has 3 rings (SSSR count). The molecule has 8 heteroatoms. The molecule has 3 aromatic rings. The van der Waals surface area contributed by atoms with E-state index in [4.69, 9.17) is 5.73 Å². The van der Waals surface area contributed by atoms with Gasteiger partial charge in [-0.2, -0.15) is 0 Å². The molecule has 2 aromatic carbocycles. The summed E-state index contributed by atoms with van der Waals surface area (Å²) < 4.78 is 1.42. The van der Waals surface area contributed by atoms with Gasteiger partial charge in [0.25, 0.3) is 11.5 Å². The molecule has 0 radical (unpaired) electrons. The first-order valence-electron chi connectivity index (χ1n) is 10.8. The number of anilines is 3. The van der Waals surface area contributed by atoms with Crippen molar-refractivity contribution < 1.29 is 4.79 Å². The summed E-state index contributed by atoms with van der Waals surface area (Å²) in [6.07, 6.45) is 1.69. The van der Waals surface area contributed by atoms with Crippen molar-refractivity contribution in [2.75, 3.05) is 22.5 Å². The molecule has 4 N–H and O–H groups in total. The Hall–Kier alpha value is -3.81. The summed E-state index contributed by atoms with van der Waals surface area (Å²) in [5.74, 6) is -0.0216. The fraction of sp³-hybridized carbons (Fsp3) is 0.292. The van der Waals surface area contributed by atoms with Crippen LogP contribution in [0.15, 0.2) is 64.2 Å². The molecular formula is C24H29N5O3. The van der Waals surface area contributed by atoms with E-state index in [0.717, 1.165) is 24.1 Å². The minimum atomic E-state index is -0.499. The molecule has 0 atom stereocenters. The van der Waals surface area contributed by atoms with Crippen LogP contribution in [0, 0.1) is 0 Å². The molecule has 8 nitrogen and oxygen atoms in total. The summed E-state index contributed by atoms with van der Waals surface area (Å²) in [5, 5.41) is 2.85. The highest BCUT2D eigenvalue weighted by molar-refractivity contribution is 6.04. The van der Waals surface area contributed by atoms with E-state index in [2.05, 4.69) is 10.3 Å². The second kappa shape index (κ2) is 10.5. The molecule has 0 saturated heterocycles. The molecule has 0 aliphatic heterocycles. The van der Waals surface area contributed by atoms with Gasteiger partial charge in [-0.15, -0.1) is 0 Å². The molecule has 168 valence electrons. The van der Waals surface area contributed by atoms with Gasteiger partial charge in [0.15, 0.2) is 0 Å². The summed E-state index contributed by atoms with van der Waals surface area (Å²) in [6, 6.07) is 16.4. The number of H-pyrrole nitrogens is 1. The van der Waals surface area contributed by atoms with E-state index >= 15 is 0 Å². The van der Waals surface area contributed by atoms with Crippen molar-refractivity contribution in [3.05, 3.63) is 86.6 Å². The third-order valence-electron chi connectivity index (χ3n) is 5.27. The van der Waals surface area contributed by atoms with Gasteiger partial charge in [-0.05, 0) is 43.2 Å². The minimum Gasteiger partial charge on any atom is -0.383 e. The average Bonchev–Trinajstić information content (AvgIpc) is 2.79. The lowest BCUT2D eigenvalue weighted by Gasteiger charge is -2.25. The van der Waals surface area contributed by atoms with Crippen molar-refractivity contribution in [1.82, 2.24) is 9.55 Å². The number of benzene rings is 2. The van der Waals surface area contributed by atoms with Gasteiger partial charge in [0.05, 0.1) is 0 Å². The third-order valence-corrected chi connectivity index (χ3v) is 5.27. The highest BCUT2D eigenvalue weighted by atomic mass is 16.2. The Morgan fingerprint density at radius 1 is 1.06 bits per heavy atom. The van der Waals surface area contributed by atoms with Crippen molar-refractivity contribution in [1.29, 1.82) is 0 Å². The van der Waals surface area contributed by atoms with Crippen LogP contribution in [0.2, 0.25) is 0 Å². The van der Waals surface area contributed by atoms with Gasteiger partial charge in [0, 0.05) is 30.9 Å². The van der Waals surface area contributed by atoms with Crippen LogP contribution < -0.4 is 27.2 Å². The van der Waals surface area contributed by atoms with Crippen molar-refractivity contribution in [2.24, 2.45) is 0 Å². The SMILES string of the molecule is CCCCn1c(N)c(N(CC)Cc2ccc(C(=O)Nc3ccccc3)cc2)c(=O)[nH]c1=O. The first kappa shape index (κ1) is 22.9. The van der Waals surface area contributed by atoms with E-state index in [9.17, 15) is 14.4 Å². The number of carbonyl (C=O) groups is 1. The second-order valence-electron chi connectivity index (χ2n) is 7.53. The zero-order valence-electron chi connectivity index (χ0n) is 18.4. The van der Waals surface area contributed by atoms with Crippen LogP contribution in [0.5, 0.6) is 0 Å². The molecule has 0 fully saturated rings. The Kier molecular flexibility index (Phi) is 7.49. The van der Waals surface area contributed by atoms with E-state index < -0.39 is 11.2 Å². The van der Waals surface area contributed by atoms with E-state index in [1.807, 2.05) is 61.2 Å². The number of unbranched alkanes of at least 4 members (excludes halogenated alkanes) is 1. The van der Waals surface area contributed by atoms with E-state index in [1.165, 1.54) is 4.57 Å². The first-order valence-corrected chi connectivity index (χ1v) is 10.8. The summed E-state index contributed by atoms with van der Waals surface area (Å²) in [7, 11) is 0. The van der Waals surface area contributed by atoms with Gasteiger partial charge in [0.2, 0.25) is 0 Å². The standard InChI is InChI=1S/C24H29N5O3/c1-3-5-15-29-21(25)20(23(31)27-24(29)32)28(4-2)16-17-11-13-18(14-12-17)22(30)26-19-9-7-6-8-10-19/h6-14H,3-5,15-16,25H2,1-2H3,(H,26,30)(H,27,31,32). The maximum absolute atomic E-state index is 12.6. The number of carbonyl (C=O) groups excluding carboxylic acids is 1. The molecule has 0 aliphatic rings. The zero-order valence-corrected chi connectivity index (χ0v) is 18.4. The molecule has 0 bridgehead atoms. The van der Waals surface area contributed by atoms with E-state index in [-0.39, 0.29) is 17.4 Å². The zero-order chi connectivity index (χ0) is 23.1. The quantitative estimate of drug-likeness (QED) is 0.478. The summed E-state index contributed by atoms with van der Waals surface area (Å²) in [4.78, 5) is 41.4. The third kappa shape index (κ3) is 5.26. The lowest BCUT2D eigenvalue weighted by Crippen LogP contribution is -2.38. The predicted octanol–water partition coefficient (Wildman–Crippen LogP) is 3.20. The van der Waals surface area contributed by atoms with Gasteiger partial charge in [-0.1, -0.05) is 43.7 Å². The maximum atomic E-state index is 12.6. The fourth-order valence-corrected chi connectivity index (χ4v) is 3.48. The number of amides is 1. The Labute approximate surface area is 186 Å². The van der Waals surface area contributed by atoms with Gasteiger partial charge in [-0.25, -0.2) is 4.79 Å². The lowest BCUT2D eigenvalue weighted by molar-refractivity contribution is 0.102. The number of aromatic nitrogens is 2. The van der Waals surface area contributed by atoms with Gasteiger partial charge >= 0.3 is 5.69 Å². The topological polar surface area (TPSA) is 113 Å². The van der Waals surface area contributed by atoms with Crippen LogP contribution >= 0.6 is 0 Å². The van der Waals surface area contributed by atoms with Gasteiger partial charge in [-0.3, -0.25) is 19.1 Å². The Morgan fingerprint density at radius 3 is 2.38 bits per heavy atom. The van der Waals surface area contributed by atoms with Crippen LogP contribution in [-0.4, -0.2) is 22.0 Å². The molecule has 0 spiro atoms. The maximum Gasteiger partial charge on any atom is 0.330 e. The number of nitrogens with two attached hydrogens (primary N) is 1. The predicted molar refractivity (Wildman–Crippen MR) is 128 cm³/mol. The Balaban J connectivity index is 1.79. The summed E-state index contributed by atoms with van der Waals surface area (Å²) >= 11 is 0. The molecule has 1 heterocycles.